The van der Waals surface area contributed by atoms with E-state index >= 15 is 0 Å². The fourth-order valence-electron chi connectivity index (χ4n) is 2.32. The first-order valence-electron chi connectivity index (χ1n) is 8.00. The number of rotatable bonds is 7. The van der Waals surface area contributed by atoms with Crippen LogP contribution in [-0.4, -0.2) is 13.3 Å². The smallest absolute Gasteiger partial charge is 0.339 e. The third-order valence-electron chi connectivity index (χ3n) is 3.64. The Morgan fingerprint density at radius 3 is 2.32 bits per heavy atom. The number of ether oxygens (including phenoxy) is 1. The first kappa shape index (κ1) is 19.8. The number of nitro benzene ring substituents is 1. The second-order valence-electron chi connectivity index (χ2n) is 5.68. The summed E-state index contributed by atoms with van der Waals surface area (Å²) in [6.07, 6.45) is 0. The van der Waals surface area contributed by atoms with E-state index in [4.69, 9.17) is 8.92 Å². The van der Waals surface area contributed by atoms with E-state index in [0.717, 1.165) is 4.47 Å². The molecule has 3 rings (SSSR count). The second-order valence-corrected chi connectivity index (χ2v) is 8.14. The maximum Gasteiger partial charge on any atom is 0.339 e. The zero-order valence-corrected chi connectivity index (χ0v) is 16.7. The molecule has 3 aromatic carbocycles. The van der Waals surface area contributed by atoms with Gasteiger partial charge in [-0.2, -0.15) is 8.42 Å². The molecule has 0 aromatic heterocycles. The Morgan fingerprint density at radius 2 is 1.61 bits per heavy atom. The van der Waals surface area contributed by atoms with Crippen LogP contribution >= 0.6 is 15.9 Å². The highest BCUT2D eigenvalue weighted by atomic mass is 79.9. The minimum absolute atomic E-state index is 0.0265. The monoisotopic (exact) mass is 463 g/mol. The maximum absolute atomic E-state index is 12.4. The van der Waals surface area contributed by atoms with Crippen LogP contribution in [0.15, 0.2) is 82.2 Å². The Kier molecular flexibility index (Phi) is 5.96. The highest BCUT2D eigenvalue weighted by molar-refractivity contribution is 9.10. The van der Waals surface area contributed by atoms with Crippen LogP contribution in [0.3, 0.4) is 0 Å². The van der Waals surface area contributed by atoms with Crippen molar-refractivity contribution in [3.8, 4) is 11.5 Å². The lowest BCUT2D eigenvalue weighted by molar-refractivity contribution is -0.384. The molecule has 0 aliphatic heterocycles. The summed E-state index contributed by atoms with van der Waals surface area (Å²) in [5.74, 6) is 0.467. The summed E-state index contributed by atoms with van der Waals surface area (Å²) in [6.45, 7) is 0.0879. The maximum atomic E-state index is 12.4. The molecule has 0 amide bonds. The normalized spacial score (nSPS) is 11.0. The van der Waals surface area contributed by atoms with Crippen molar-refractivity contribution in [3.05, 3.63) is 92.9 Å². The molecule has 0 saturated carbocycles. The third kappa shape index (κ3) is 5.08. The van der Waals surface area contributed by atoms with E-state index in [2.05, 4.69) is 15.9 Å². The summed E-state index contributed by atoms with van der Waals surface area (Å²) in [5.41, 5.74) is 0.585. The van der Waals surface area contributed by atoms with Crippen LogP contribution in [0, 0.1) is 10.1 Å². The van der Waals surface area contributed by atoms with Crippen molar-refractivity contribution < 1.29 is 22.3 Å². The zero-order chi connectivity index (χ0) is 20.1. The van der Waals surface area contributed by atoms with Gasteiger partial charge in [-0.1, -0.05) is 34.1 Å². The molecule has 0 spiro atoms. The molecular formula is C19H14BrNO6S. The molecule has 0 saturated heterocycles. The van der Waals surface area contributed by atoms with Crippen molar-refractivity contribution in [1.82, 2.24) is 0 Å². The van der Waals surface area contributed by atoms with Crippen molar-refractivity contribution in [1.29, 1.82) is 0 Å². The molecule has 0 unspecified atom stereocenters. The fourth-order valence-corrected chi connectivity index (χ4v) is 3.51. The van der Waals surface area contributed by atoms with Gasteiger partial charge in [0.1, 0.15) is 23.0 Å². The van der Waals surface area contributed by atoms with Gasteiger partial charge in [-0.05, 0) is 42.0 Å². The van der Waals surface area contributed by atoms with Crippen molar-refractivity contribution in [2.45, 2.75) is 11.5 Å². The molecule has 0 bridgehead atoms. The molecule has 0 radical (unpaired) electrons. The number of nitro groups is 1. The van der Waals surface area contributed by atoms with E-state index in [-0.39, 0.29) is 22.9 Å². The van der Waals surface area contributed by atoms with E-state index in [9.17, 15) is 18.5 Å². The molecule has 28 heavy (non-hydrogen) atoms. The number of hydrogen-bond acceptors (Lipinski definition) is 6. The lowest BCUT2D eigenvalue weighted by atomic mass is 10.2. The predicted octanol–water partition coefficient (Wildman–Crippen LogP) is 4.70. The summed E-state index contributed by atoms with van der Waals surface area (Å²) >= 11 is 3.25. The van der Waals surface area contributed by atoms with Crippen LogP contribution in [0.2, 0.25) is 0 Å². The Labute approximate surface area is 169 Å². The van der Waals surface area contributed by atoms with Gasteiger partial charge in [0.25, 0.3) is 5.69 Å². The summed E-state index contributed by atoms with van der Waals surface area (Å²) in [4.78, 5) is 10.4. The largest absolute Gasteiger partial charge is 0.489 e. The van der Waals surface area contributed by atoms with Gasteiger partial charge in [0.05, 0.1) is 4.92 Å². The van der Waals surface area contributed by atoms with E-state index in [1.807, 2.05) is 0 Å². The molecule has 0 atom stereocenters. The molecule has 0 aliphatic rings. The van der Waals surface area contributed by atoms with E-state index < -0.39 is 15.0 Å². The van der Waals surface area contributed by atoms with Crippen molar-refractivity contribution in [3.63, 3.8) is 0 Å². The van der Waals surface area contributed by atoms with Gasteiger partial charge in [-0.15, -0.1) is 0 Å². The van der Waals surface area contributed by atoms with Crippen LogP contribution in [0.25, 0.3) is 0 Å². The molecule has 144 valence electrons. The molecule has 9 heteroatoms. The van der Waals surface area contributed by atoms with E-state index in [0.29, 0.717) is 11.3 Å². The molecular weight excluding hydrogens is 450 g/mol. The topological polar surface area (TPSA) is 95.7 Å². The molecule has 3 aromatic rings. The van der Waals surface area contributed by atoms with Crippen molar-refractivity contribution in [2.75, 3.05) is 0 Å². The molecule has 0 aliphatic carbocycles. The van der Waals surface area contributed by atoms with Gasteiger partial charge < -0.3 is 8.92 Å². The SMILES string of the molecule is O=[N+]([O-])c1cccc(COc2cccc(OS(=O)(=O)c3ccc(Br)cc3)c2)c1. The molecule has 0 heterocycles. The van der Waals surface area contributed by atoms with E-state index in [1.165, 1.54) is 36.4 Å². The first-order chi connectivity index (χ1) is 13.3. The first-order valence-corrected chi connectivity index (χ1v) is 10.2. The molecule has 7 nitrogen and oxygen atoms in total. The van der Waals surface area contributed by atoms with Crippen molar-refractivity contribution >= 4 is 31.7 Å². The van der Waals surface area contributed by atoms with Gasteiger partial charge in [0.15, 0.2) is 0 Å². The summed E-state index contributed by atoms with van der Waals surface area (Å²) in [6, 6.07) is 18.3. The average Bonchev–Trinajstić information content (AvgIpc) is 2.67. The van der Waals surface area contributed by atoms with Gasteiger partial charge in [0, 0.05) is 22.7 Å². The standard InChI is InChI=1S/C19H14BrNO6S/c20-15-7-9-19(10-8-15)28(24,25)27-18-6-2-5-17(12-18)26-13-14-3-1-4-16(11-14)21(22)23/h1-12H,13H2. The lowest BCUT2D eigenvalue weighted by Crippen LogP contribution is -2.09. The van der Waals surface area contributed by atoms with Crippen LogP contribution in [0.4, 0.5) is 5.69 Å². The van der Waals surface area contributed by atoms with Gasteiger partial charge in [0.2, 0.25) is 0 Å². The minimum atomic E-state index is -3.98. The molecule has 0 fully saturated rings. The fraction of sp³-hybridized carbons (Fsp3) is 0.0526. The van der Waals surface area contributed by atoms with Crippen LogP contribution in [0.5, 0.6) is 11.5 Å². The van der Waals surface area contributed by atoms with Gasteiger partial charge in [-0.3, -0.25) is 10.1 Å². The predicted molar refractivity (Wildman–Crippen MR) is 106 cm³/mol. The Bertz CT molecular complexity index is 1100. The van der Waals surface area contributed by atoms with Gasteiger partial charge >= 0.3 is 10.1 Å². The van der Waals surface area contributed by atoms with Crippen LogP contribution < -0.4 is 8.92 Å². The quantitative estimate of drug-likeness (QED) is 0.286. The summed E-state index contributed by atoms with van der Waals surface area (Å²) in [7, 11) is -3.98. The lowest BCUT2D eigenvalue weighted by Gasteiger charge is -2.10. The van der Waals surface area contributed by atoms with Crippen molar-refractivity contribution in [2.24, 2.45) is 0 Å². The Balaban J connectivity index is 1.71. The number of benzene rings is 3. The Morgan fingerprint density at radius 1 is 0.929 bits per heavy atom. The van der Waals surface area contributed by atoms with E-state index in [1.54, 1.807) is 36.4 Å². The number of hydrogen-bond donors (Lipinski definition) is 0. The van der Waals surface area contributed by atoms with Crippen LogP contribution in [-0.2, 0) is 16.7 Å². The van der Waals surface area contributed by atoms with Gasteiger partial charge in [-0.25, -0.2) is 0 Å². The zero-order valence-electron chi connectivity index (χ0n) is 14.3. The Hall–Kier alpha value is -2.91. The summed E-state index contributed by atoms with van der Waals surface area (Å²) < 4.78 is 36.2. The highest BCUT2D eigenvalue weighted by Crippen LogP contribution is 2.25. The number of halogens is 1. The highest BCUT2D eigenvalue weighted by Gasteiger charge is 2.17. The molecule has 0 N–H and O–H groups in total. The number of nitrogens with zero attached hydrogens (tertiary/aromatic N) is 1. The number of non-ortho nitro benzene ring substituents is 1. The third-order valence-corrected chi connectivity index (χ3v) is 5.43. The minimum Gasteiger partial charge on any atom is -0.489 e. The average molecular weight is 464 g/mol. The summed E-state index contributed by atoms with van der Waals surface area (Å²) in [5, 5.41) is 10.8. The second kappa shape index (κ2) is 8.41. The van der Waals surface area contributed by atoms with Crippen LogP contribution in [0.1, 0.15) is 5.56 Å².